The third-order valence-electron chi connectivity index (χ3n) is 11.3. The van der Waals surface area contributed by atoms with Crippen molar-refractivity contribution >= 4 is 31.5 Å². The molecule has 1 spiro atoms. The van der Waals surface area contributed by atoms with E-state index in [1.807, 2.05) is 77.6 Å². The van der Waals surface area contributed by atoms with Crippen LogP contribution in [0, 0.1) is 5.92 Å². The van der Waals surface area contributed by atoms with Crippen molar-refractivity contribution in [2.45, 2.75) is 109 Å². The fourth-order valence-electron chi connectivity index (χ4n) is 8.60. The van der Waals surface area contributed by atoms with Crippen LogP contribution >= 0.6 is 0 Å². The molecule has 3 aliphatic heterocycles. The topological polar surface area (TPSA) is 121 Å². The number of aryl methyl sites for hydroxylation is 1. The number of hydrogen-bond donors (Lipinski definition) is 2. The second-order valence-electron chi connectivity index (χ2n) is 15.7. The van der Waals surface area contributed by atoms with Crippen molar-refractivity contribution < 1.29 is 24.2 Å². The Kier molecular flexibility index (Phi) is 11.4. The summed E-state index contributed by atoms with van der Waals surface area (Å²) in [7, 11) is -2.89. The average Bonchev–Trinajstić information content (AvgIpc) is 3.76. The maximum atomic E-state index is 15.0. The summed E-state index contributed by atoms with van der Waals surface area (Å²) >= 11 is 0. The molecule has 0 aliphatic carbocycles. The molecule has 1 aromatic heterocycles. The maximum Gasteiger partial charge on any atom is 0.264 e. The molecule has 2 saturated heterocycles. The van der Waals surface area contributed by atoms with E-state index in [1.54, 1.807) is 4.68 Å². The zero-order valence-electron chi connectivity index (χ0n) is 31.6. The van der Waals surface area contributed by atoms with Crippen LogP contribution in [0.5, 0.6) is 0 Å². The number of allylic oxidation sites excluding steroid dienone is 3. The number of nitrogens with zero attached hydrogens (tertiary/aromatic N) is 5. The molecule has 11 heteroatoms. The summed E-state index contributed by atoms with van der Waals surface area (Å²) in [6.07, 6.45) is 10.5. The molecule has 2 N–H and O–H groups in total. The number of anilines is 2. The zero-order valence-corrected chi connectivity index (χ0v) is 32.6. The van der Waals surface area contributed by atoms with Gasteiger partial charge >= 0.3 is 0 Å². The highest BCUT2D eigenvalue weighted by Crippen LogP contribution is 2.60. The summed E-state index contributed by atoms with van der Waals surface area (Å²) in [5.74, 6) is -0.632. The lowest BCUT2D eigenvalue weighted by molar-refractivity contribution is -0.145. The normalized spacial score (nSPS) is 24.2. The van der Waals surface area contributed by atoms with Gasteiger partial charge in [-0.15, -0.1) is 5.10 Å². The Morgan fingerprint density at radius 1 is 1.10 bits per heavy atom. The first-order valence-corrected chi connectivity index (χ1v) is 21.9. The fraction of sp³-hybridized carbons (Fsp3) is 0.512. The van der Waals surface area contributed by atoms with Gasteiger partial charge in [0.25, 0.3) is 5.91 Å². The molecule has 2 aromatic carbocycles. The van der Waals surface area contributed by atoms with E-state index in [2.05, 4.69) is 50.2 Å². The Labute approximate surface area is 309 Å². The van der Waals surface area contributed by atoms with Gasteiger partial charge in [-0.1, -0.05) is 65.8 Å². The molecule has 278 valence electrons. The summed E-state index contributed by atoms with van der Waals surface area (Å²) in [4.78, 5) is 43.5. The summed E-state index contributed by atoms with van der Waals surface area (Å²) in [6.45, 7) is 13.7. The Hall–Kier alpha value is -3.90. The zero-order chi connectivity index (χ0) is 37.2. The van der Waals surface area contributed by atoms with Crippen molar-refractivity contribution in [3.63, 3.8) is 0 Å². The number of amides is 2. The number of benzene rings is 2. The maximum absolute atomic E-state index is 15.0. The van der Waals surface area contributed by atoms with Gasteiger partial charge in [-0.25, -0.2) is 0 Å². The third kappa shape index (κ3) is 7.46. The van der Waals surface area contributed by atoms with E-state index >= 15 is 0 Å². The van der Waals surface area contributed by atoms with Gasteiger partial charge in [-0.2, -0.15) is 0 Å². The second kappa shape index (κ2) is 15.6. The van der Waals surface area contributed by atoms with E-state index in [0.29, 0.717) is 38.2 Å². The summed E-state index contributed by atoms with van der Waals surface area (Å²) < 4.78 is 8.88. The van der Waals surface area contributed by atoms with Gasteiger partial charge in [0, 0.05) is 55.0 Å². The Balaban J connectivity index is 1.32. The van der Waals surface area contributed by atoms with Gasteiger partial charge in [-0.05, 0) is 89.7 Å². The molecule has 4 heterocycles. The number of hydrogen-bond acceptors (Lipinski definition) is 7. The molecular weight excluding hydrogens is 671 g/mol. The highest BCUT2D eigenvalue weighted by atomic mass is 28.4. The fourth-order valence-corrected chi connectivity index (χ4v) is 11.2. The number of aliphatic hydroxyl groups is 1. The molecule has 0 radical (unpaired) electrons. The summed E-state index contributed by atoms with van der Waals surface area (Å²) in [5, 5.41) is 19.0. The van der Waals surface area contributed by atoms with E-state index < -0.39 is 20.0 Å². The second-order valence-corrected chi connectivity index (χ2v) is 19.7. The summed E-state index contributed by atoms with van der Waals surface area (Å²) in [6, 6.07) is 15.7. The molecule has 0 saturated carbocycles. The molecule has 2 amide bonds. The minimum atomic E-state index is -2.89. The van der Waals surface area contributed by atoms with Crippen LogP contribution in [-0.2, 0) is 26.5 Å². The number of carbonyl (C=O) groups excluding carboxylic acids is 2. The highest BCUT2D eigenvalue weighted by molar-refractivity contribution is 6.71. The minimum Gasteiger partial charge on any atom is -0.432 e. The van der Waals surface area contributed by atoms with Gasteiger partial charge < -0.3 is 24.4 Å². The van der Waals surface area contributed by atoms with Crippen molar-refractivity contribution in [3.8, 4) is 0 Å². The average molecular weight is 726 g/mol. The van der Waals surface area contributed by atoms with E-state index in [4.69, 9.17) is 4.74 Å². The number of piperidine rings is 1. The first-order chi connectivity index (χ1) is 24.8. The van der Waals surface area contributed by atoms with Crippen molar-refractivity contribution in [2.75, 3.05) is 29.5 Å². The van der Waals surface area contributed by atoms with E-state index in [-0.39, 0.29) is 35.8 Å². The van der Waals surface area contributed by atoms with Crippen LogP contribution in [0.25, 0.3) is 0 Å². The predicted octanol–water partition coefficient (Wildman–Crippen LogP) is 6.85. The molecule has 3 aliphatic rings. The molecule has 5 atom stereocenters. The SMILES string of the molecule is CC(C)=CCC/C(C)=C/CN1C(=O)[C@]2(O[C@H](CCn3cc(C(CO)c4ccccc4)nn3)[C@@H]([Si](C)(C)O)[C@@H]2C)c2cc(N3CCCCC3=O)ccc21. The van der Waals surface area contributed by atoms with Crippen LogP contribution in [0.1, 0.15) is 89.0 Å². The molecule has 52 heavy (non-hydrogen) atoms. The lowest BCUT2D eigenvalue weighted by atomic mass is 9.82. The Bertz CT molecular complexity index is 1810. The lowest BCUT2D eigenvalue weighted by Gasteiger charge is -2.33. The quantitative estimate of drug-likeness (QED) is 0.146. The van der Waals surface area contributed by atoms with Crippen molar-refractivity contribution in [3.05, 3.63) is 94.8 Å². The number of ether oxygens (including phenoxy) is 1. The van der Waals surface area contributed by atoms with Crippen molar-refractivity contribution in [1.82, 2.24) is 15.0 Å². The van der Waals surface area contributed by atoms with Gasteiger partial charge in [0.1, 0.15) is 0 Å². The van der Waals surface area contributed by atoms with E-state index in [9.17, 15) is 19.5 Å². The third-order valence-corrected chi connectivity index (χ3v) is 13.8. The number of rotatable bonds is 13. The number of aromatic nitrogens is 3. The monoisotopic (exact) mass is 725 g/mol. The van der Waals surface area contributed by atoms with Crippen molar-refractivity contribution in [2.24, 2.45) is 5.92 Å². The van der Waals surface area contributed by atoms with Crippen LogP contribution in [0.2, 0.25) is 18.6 Å². The Morgan fingerprint density at radius 3 is 2.56 bits per heavy atom. The molecule has 6 rings (SSSR count). The largest absolute Gasteiger partial charge is 0.432 e. The van der Waals surface area contributed by atoms with Crippen LogP contribution in [0.4, 0.5) is 11.4 Å². The molecule has 0 bridgehead atoms. The van der Waals surface area contributed by atoms with Crippen molar-refractivity contribution in [1.29, 1.82) is 0 Å². The Morgan fingerprint density at radius 2 is 1.87 bits per heavy atom. The van der Waals surface area contributed by atoms with E-state index in [1.165, 1.54) is 11.1 Å². The standard InChI is InChI=1S/C41H55N5O5Si/c1-28(2)13-12-14-29(3)20-24-46-36-19-18-32(45-22-11-10-17-38(45)48)25-34(36)41(40(46)49)30(4)39(52(5,6)50)37(51-41)21-23-44-26-35(42-43-44)33(27-47)31-15-8-7-9-16-31/h7-9,13,15-16,18-20,25-26,30,33,37,39,47,50H,10-12,14,17,21-24,27H2,1-6H3/b29-20+/t30-,33?,37+,39-,41+/m0/s1. The van der Waals surface area contributed by atoms with Crippen LogP contribution in [0.15, 0.2) is 78.0 Å². The molecule has 2 fully saturated rings. The van der Waals surface area contributed by atoms with Gasteiger partial charge in [0.05, 0.1) is 30.0 Å². The smallest absolute Gasteiger partial charge is 0.264 e. The number of fused-ring (bicyclic) bond motifs is 2. The highest BCUT2D eigenvalue weighted by Gasteiger charge is 2.66. The number of aliphatic hydroxyl groups excluding tert-OH is 1. The lowest BCUT2D eigenvalue weighted by Crippen LogP contribution is -2.46. The van der Waals surface area contributed by atoms with Gasteiger partial charge in [-0.3, -0.25) is 14.3 Å². The van der Waals surface area contributed by atoms with Crippen LogP contribution < -0.4 is 9.80 Å². The van der Waals surface area contributed by atoms with Gasteiger partial charge in [0.2, 0.25) is 5.91 Å². The minimum absolute atomic E-state index is 0.0892. The first-order valence-electron chi connectivity index (χ1n) is 18.9. The predicted molar refractivity (Wildman–Crippen MR) is 207 cm³/mol. The van der Waals surface area contributed by atoms with Crippen LogP contribution in [-0.4, -0.2) is 70.8 Å². The first kappa shape index (κ1) is 37.8. The van der Waals surface area contributed by atoms with E-state index in [0.717, 1.165) is 48.2 Å². The molecule has 3 aromatic rings. The summed E-state index contributed by atoms with van der Waals surface area (Å²) in [5.41, 5.74) is 4.96. The molecular formula is C41H55N5O5Si. The van der Waals surface area contributed by atoms with Gasteiger partial charge in [0.15, 0.2) is 13.9 Å². The molecule has 10 nitrogen and oxygen atoms in total. The molecule has 1 unspecified atom stereocenters. The van der Waals surface area contributed by atoms with Crippen LogP contribution in [0.3, 0.4) is 0 Å². The number of carbonyl (C=O) groups is 2.